The monoisotopic (exact) mass is 670 g/mol. The third kappa shape index (κ3) is 8.14. The molecule has 2 aromatic carbocycles. The third-order valence-corrected chi connectivity index (χ3v) is 8.17. The van der Waals surface area contributed by atoms with E-state index in [2.05, 4.69) is 15.4 Å². The van der Waals surface area contributed by atoms with Gasteiger partial charge in [-0.3, -0.25) is 9.69 Å². The zero-order chi connectivity index (χ0) is 34.7. The van der Waals surface area contributed by atoms with Gasteiger partial charge < -0.3 is 20.1 Å². The Morgan fingerprint density at radius 2 is 1.60 bits per heavy atom. The van der Waals surface area contributed by atoms with E-state index in [0.717, 1.165) is 30.4 Å². The lowest BCUT2D eigenvalue weighted by molar-refractivity contribution is -0.152. The second-order valence-corrected chi connectivity index (χ2v) is 12.1. The average Bonchev–Trinajstić information content (AvgIpc) is 3.39. The number of halogens is 6. The van der Waals surface area contributed by atoms with Gasteiger partial charge >= 0.3 is 24.4 Å². The van der Waals surface area contributed by atoms with Gasteiger partial charge in [-0.05, 0) is 97.7 Å². The first kappa shape index (κ1) is 35.5. The van der Waals surface area contributed by atoms with Crippen LogP contribution in [0.2, 0.25) is 0 Å². The number of guanidine groups is 1. The number of alkyl halides is 6. The summed E-state index contributed by atoms with van der Waals surface area (Å²) in [6.07, 6.45) is -7.85. The number of anilines is 1. The van der Waals surface area contributed by atoms with Crippen LogP contribution in [-0.4, -0.2) is 50.2 Å². The number of methoxy groups -OCH3 is 1. The van der Waals surface area contributed by atoms with Crippen LogP contribution < -0.4 is 10.6 Å². The highest BCUT2D eigenvalue weighted by Crippen LogP contribution is 2.42. The molecule has 1 aliphatic heterocycles. The van der Waals surface area contributed by atoms with Crippen molar-refractivity contribution in [2.45, 2.75) is 70.9 Å². The van der Waals surface area contributed by atoms with E-state index in [4.69, 9.17) is 15.2 Å². The maximum Gasteiger partial charge on any atom is 0.416 e. The number of nitrogens with two attached hydrogens (primary N) is 1. The largest absolute Gasteiger partial charge is 0.469 e. The summed E-state index contributed by atoms with van der Waals surface area (Å²) in [6.45, 7) is 2.53. The van der Waals surface area contributed by atoms with E-state index in [1.165, 1.54) is 24.0 Å². The SMILES string of the molecule is CN=NN=C(N)N(Cc1cc(C(F)(F)F)cc(C(F)(F)F)c1)[C@H]1CCCN(C(=O)OCC(C)(C)C(=O)OC)c2cc3c(cc21)CCC3. The number of hydrogen-bond acceptors (Lipinski definition) is 6. The van der Waals surface area contributed by atoms with E-state index >= 15 is 0 Å². The molecule has 2 aromatic rings. The molecule has 0 aromatic heterocycles. The molecule has 256 valence electrons. The van der Waals surface area contributed by atoms with Crippen LogP contribution >= 0.6 is 0 Å². The number of carbonyl (C=O) groups is 2. The predicted molar refractivity (Wildman–Crippen MR) is 159 cm³/mol. The first-order valence-electron chi connectivity index (χ1n) is 14.8. The summed E-state index contributed by atoms with van der Waals surface area (Å²) in [5, 5.41) is 10.9. The number of hydrogen-bond donors (Lipinski definition) is 1. The molecule has 0 saturated heterocycles. The van der Waals surface area contributed by atoms with Gasteiger partial charge in [0.25, 0.3) is 0 Å². The molecule has 1 amide bonds. The smallest absolute Gasteiger partial charge is 0.416 e. The van der Waals surface area contributed by atoms with Crippen LogP contribution in [0.25, 0.3) is 0 Å². The number of nitrogens with zero attached hydrogens (tertiary/aromatic N) is 5. The molecule has 0 spiro atoms. The number of carbonyl (C=O) groups excluding carboxylic acids is 2. The number of rotatable bonds is 7. The van der Waals surface area contributed by atoms with E-state index in [1.54, 1.807) is 13.8 Å². The molecule has 2 aliphatic rings. The number of ether oxygens (including phenoxy) is 2. The summed E-state index contributed by atoms with van der Waals surface area (Å²) in [5.41, 5.74) is 4.94. The summed E-state index contributed by atoms with van der Waals surface area (Å²) in [6, 6.07) is 4.34. The van der Waals surface area contributed by atoms with Crippen molar-refractivity contribution >= 4 is 23.7 Å². The zero-order valence-electron chi connectivity index (χ0n) is 26.3. The first-order chi connectivity index (χ1) is 22.0. The minimum atomic E-state index is -5.05. The van der Waals surface area contributed by atoms with E-state index in [9.17, 15) is 35.9 Å². The maximum atomic E-state index is 13.7. The lowest BCUT2D eigenvalue weighted by Crippen LogP contribution is -2.40. The Kier molecular flexibility index (Phi) is 10.4. The zero-order valence-corrected chi connectivity index (χ0v) is 26.3. The van der Waals surface area contributed by atoms with Crippen molar-refractivity contribution in [3.05, 3.63) is 63.7 Å². The van der Waals surface area contributed by atoms with Crippen molar-refractivity contribution < 1.29 is 45.4 Å². The normalized spacial score (nSPS) is 17.3. The molecule has 1 heterocycles. The highest BCUT2D eigenvalue weighted by Gasteiger charge is 2.39. The molecule has 0 saturated carbocycles. The van der Waals surface area contributed by atoms with Crippen LogP contribution in [0.15, 0.2) is 45.8 Å². The minimum Gasteiger partial charge on any atom is -0.469 e. The van der Waals surface area contributed by atoms with Gasteiger partial charge in [-0.2, -0.15) is 31.5 Å². The molecule has 0 fully saturated rings. The van der Waals surface area contributed by atoms with Gasteiger partial charge in [0.15, 0.2) is 0 Å². The second kappa shape index (κ2) is 13.8. The van der Waals surface area contributed by atoms with Crippen molar-refractivity contribution in [1.82, 2.24) is 4.90 Å². The quantitative estimate of drug-likeness (QED) is 0.0846. The molecule has 10 nitrogen and oxygen atoms in total. The fourth-order valence-corrected chi connectivity index (χ4v) is 5.82. The van der Waals surface area contributed by atoms with E-state index < -0.39 is 53.5 Å². The molecule has 1 atom stereocenters. The van der Waals surface area contributed by atoms with Gasteiger partial charge in [0.1, 0.15) is 6.61 Å². The van der Waals surface area contributed by atoms with E-state index in [1.807, 2.05) is 12.1 Å². The van der Waals surface area contributed by atoms with E-state index in [0.29, 0.717) is 29.8 Å². The summed E-state index contributed by atoms with van der Waals surface area (Å²) in [4.78, 5) is 28.5. The van der Waals surface area contributed by atoms with E-state index in [-0.39, 0.29) is 37.2 Å². The Balaban J connectivity index is 1.81. The van der Waals surface area contributed by atoms with Crippen LogP contribution in [0, 0.1) is 5.41 Å². The topological polar surface area (TPSA) is 122 Å². The Hall–Kier alpha value is -4.37. The Labute approximate surface area is 267 Å². The van der Waals surface area contributed by atoms with Crippen LogP contribution in [0.1, 0.15) is 72.5 Å². The fourth-order valence-electron chi connectivity index (χ4n) is 5.82. The predicted octanol–water partition coefficient (Wildman–Crippen LogP) is 7.00. The van der Waals surface area contributed by atoms with Crippen molar-refractivity contribution in [3.8, 4) is 0 Å². The summed E-state index contributed by atoms with van der Waals surface area (Å²) >= 11 is 0. The molecule has 0 unspecified atom stereocenters. The lowest BCUT2D eigenvalue weighted by Gasteiger charge is -2.34. The number of aryl methyl sites for hydroxylation is 2. The standard InChI is InChI=1S/C31H36F6N6O4/c1-29(2,26(44)46-4)17-47-28(45)42-10-6-9-24(23-13-19-7-5-8-20(19)14-25(23)42)43(27(38)40-41-39-3)16-18-11-21(30(32,33)34)15-22(12-18)31(35,36)37/h11-15,24H,5-10,16-17H2,1-4H3,(H2,38,39,40)/t24-/m0/s1. The van der Waals surface area contributed by atoms with Crippen molar-refractivity contribution in [1.29, 1.82) is 0 Å². The number of amides is 1. The summed E-state index contributed by atoms with van der Waals surface area (Å²) < 4.78 is 92.7. The molecule has 0 radical (unpaired) electrons. The Morgan fingerprint density at radius 3 is 2.17 bits per heavy atom. The average molecular weight is 671 g/mol. The first-order valence-corrected chi connectivity index (χ1v) is 14.8. The van der Waals surface area contributed by atoms with Crippen LogP contribution in [0.4, 0.5) is 36.8 Å². The lowest BCUT2D eigenvalue weighted by atomic mass is 9.95. The maximum absolute atomic E-state index is 13.7. The Morgan fingerprint density at radius 1 is 0.979 bits per heavy atom. The molecule has 47 heavy (non-hydrogen) atoms. The molecule has 0 bridgehead atoms. The van der Waals surface area contributed by atoms with Crippen molar-refractivity contribution in [3.63, 3.8) is 0 Å². The van der Waals surface area contributed by atoms with Crippen LogP contribution in [-0.2, 0) is 46.0 Å². The summed E-state index contributed by atoms with van der Waals surface area (Å²) in [5.74, 6) is -0.869. The number of esters is 1. The van der Waals surface area contributed by atoms with Gasteiger partial charge in [0.2, 0.25) is 5.96 Å². The highest BCUT2D eigenvalue weighted by atomic mass is 19.4. The van der Waals surface area contributed by atoms with Gasteiger partial charge in [-0.15, -0.1) is 0 Å². The van der Waals surface area contributed by atoms with Crippen molar-refractivity contribution in [2.24, 2.45) is 26.6 Å². The fraction of sp³-hybridized carbons (Fsp3) is 0.516. The minimum absolute atomic E-state index is 0.0613. The second-order valence-electron chi connectivity index (χ2n) is 12.1. The van der Waals surface area contributed by atoms with Gasteiger partial charge in [-0.1, -0.05) is 11.2 Å². The Bertz CT molecular complexity index is 1520. The highest BCUT2D eigenvalue weighted by molar-refractivity contribution is 5.90. The number of benzene rings is 2. The van der Waals surface area contributed by atoms with Crippen LogP contribution in [0.5, 0.6) is 0 Å². The van der Waals surface area contributed by atoms with Gasteiger partial charge in [0.05, 0.1) is 42.4 Å². The molecular formula is C31H36F6N6O4. The number of fused-ring (bicyclic) bond motifs is 2. The molecule has 2 N–H and O–H groups in total. The third-order valence-electron chi connectivity index (χ3n) is 8.17. The summed E-state index contributed by atoms with van der Waals surface area (Å²) in [7, 11) is 2.54. The van der Waals surface area contributed by atoms with Gasteiger partial charge in [0, 0.05) is 13.1 Å². The molecular weight excluding hydrogens is 634 g/mol. The van der Waals surface area contributed by atoms with Crippen LogP contribution in [0.3, 0.4) is 0 Å². The molecule has 4 rings (SSSR count). The van der Waals surface area contributed by atoms with Crippen molar-refractivity contribution in [2.75, 3.05) is 32.2 Å². The molecule has 16 heteroatoms. The van der Waals surface area contributed by atoms with Gasteiger partial charge in [-0.25, -0.2) is 4.79 Å². The molecule has 1 aliphatic carbocycles.